The molecular weight excluding hydrogens is 228 g/mol. The van der Waals surface area contributed by atoms with Crippen LogP contribution in [0.1, 0.15) is 37.6 Å². The van der Waals surface area contributed by atoms with E-state index in [0.717, 1.165) is 37.2 Å². The van der Waals surface area contributed by atoms with Crippen LogP contribution in [0.3, 0.4) is 0 Å². The molecule has 1 atom stereocenters. The first-order chi connectivity index (χ1) is 8.49. The van der Waals surface area contributed by atoms with Crippen molar-refractivity contribution in [3.63, 3.8) is 0 Å². The van der Waals surface area contributed by atoms with Gasteiger partial charge in [-0.25, -0.2) is 9.97 Å². The predicted octanol–water partition coefficient (Wildman–Crippen LogP) is 1.56. The normalized spacial score (nSPS) is 23.7. The number of nitrogens with zero attached hydrogens (tertiary/aromatic N) is 2. The summed E-state index contributed by atoms with van der Waals surface area (Å²) in [4.78, 5) is 20.7. The molecule has 1 amide bonds. The highest BCUT2D eigenvalue weighted by atomic mass is 16.2. The van der Waals surface area contributed by atoms with Crippen LogP contribution in [0.25, 0.3) is 0 Å². The van der Waals surface area contributed by atoms with Crippen molar-refractivity contribution in [3.05, 3.63) is 17.5 Å². The van der Waals surface area contributed by atoms with E-state index in [2.05, 4.69) is 20.6 Å². The van der Waals surface area contributed by atoms with Crippen molar-refractivity contribution >= 4 is 11.9 Å². The first-order valence-electron chi connectivity index (χ1n) is 6.38. The number of hydrogen-bond acceptors (Lipinski definition) is 4. The molecule has 2 rings (SSSR count). The second-order valence-electron chi connectivity index (χ2n) is 5.14. The van der Waals surface area contributed by atoms with Crippen LogP contribution in [-0.2, 0) is 4.79 Å². The third-order valence-corrected chi connectivity index (χ3v) is 3.33. The van der Waals surface area contributed by atoms with Crippen molar-refractivity contribution in [1.82, 2.24) is 15.3 Å². The molecule has 2 heterocycles. The van der Waals surface area contributed by atoms with Crippen LogP contribution in [0.5, 0.6) is 0 Å². The number of hydrogen-bond donors (Lipinski definition) is 2. The minimum absolute atomic E-state index is 0.0489. The van der Waals surface area contributed by atoms with E-state index in [1.807, 2.05) is 26.8 Å². The zero-order valence-electron chi connectivity index (χ0n) is 11.2. The lowest BCUT2D eigenvalue weighted by atomic mass is 9.90. The van der Waals surface area contributed by atoms with Crippen molar-refractivity contribution in [3.8, 4) is 0 Å². The van der Waals surface area contributed by atoms with Gasteiger partial charge in [0.05, 0.1) is 5.54 Å². The van der Waals surface area contributed by atoms with Crippen molar-refractivity contribution in [2.24, 2.45) is 0 Å². The first-order valence-corrected chi connectivity index (χ1v) is 6.38. The van der Waals surface area contributed by atoms with E-state index < -0.39 is 5.54 Å². The maximum atomic E-state index is 12.3. The SMILES string of the molecule is Cc1cc(C)nc(NC(=O)C2(C)CCCCN2)n1. The number of rotatable bonds is 2. The van der Waals surface area contributed by atoms with Gasteiger partial charge in [0, 0.05) is 11.4 Å². The number of anilines is 1. The highest BCUT2D eigenvalue weighted by molar-refractivity contribution is 5.96. The molecule has 1 aliphatic rings. The van der Waals surface area contributed by atoms with Crippen LogP contribution in [-0.4, -0.2) is 28.0 Å². The summed E-state index contributed by atoms with van der Waals surface area (Å²) in [5.41, 5.74) is 1.22. The van der Waals surface area contributed by atoms with E-state index in [-0.39, 0.29) is 5.91 Å². The fraction of sp³-hybridized carbons (Fsp3) is 0.615. The number of amides is 1. The van der Waals surface area contributed by atoms with E-state index in [1.54, 1.807) is 0 Å². The average molecular weight is 248 g/mol. The highest BCUT2D eigenvalue weighted by Crippen LogP contribution is 2.20. The van der Waals surface area contributed by atoms with Gasteiger partial charge in [-0.15, -0.1) is 0 Å². The number of piperidine rings is 1. The van der Waals surface area contributed by atoms with Crippen LogP contribution >= 0.6 is 0 Å². The Labute approximate surface area is 107 Å². The largest absolute Gasteiger partial charge is 0.304 e. The van der Waals surface area contributed by atoms with Gasteiger partial charge in [0.1, 0.15) is 0 Å². The van der Waals surface area contributed by atoms with Gasteiger partial charge in [-0.3, -0.25) is 10.1 Å². The molecule has 0 bridgehead atoms. The molecular formula is C13H20N4O. The molecule has 0 aromatic carbocycles. The molecule has 0 saturated carbocycles. The number of nitrogens with one attached hydrogen (secondary N) is 2. The number of aryl methyl sites for hydroxylation is 2. The summed E-state index contributed by atoms with van der Waals surface area (Å²) in [7, 11) is 0. The monoisotopic (exact) mass is 248 g/mol. The Bertz CT molecular complexity index is 432. The maximum absolute atomic E-state index is 12.3. The molecule has 1 aromatic heterocycles. The van der Waals surface area contributed by atoms with Crippen LogP contribution in [0.4, 0.5) is 5.95 Å². The zero-order valence-corrected chi connectivity index (χ0v) is 11.2. The summed E-state index contributed by atoms with van der Waals surface area (Å²) in [5, 5.41) is 6.09. The summed E-state index contributed by atoms with van der Waals surface area (Å²) in [6, 6.07) is 1.89. The minimum Gasteiger partial charge on any atom is -0.304 e. The molecule has 0 spiro atoms. The Hall–Kier alpha value is -1.49. The third-order valence-electron chi connectivity index (χ3n) is 3.33. The molecule has 0 radical (unpaired) electrons. The quantitative estimate of drug-likeness (QED) is 0.833. The van der Waals surface area contributed by atoms with Gasteiger partial charge in [-0.05, 0) is 52.6 Å². The topological polar surface area (TPSA) is 66.9 Å². The molecule has 1 unspecified atom stereocenters. The Morgan fingerprint density at radius 1 is 1.33 bits per heavy atom. The standard InChI is InChI=1S/C13H20N4O/c1-9-8-10(2)16-12(15-9)17-11(18)13(3)6-4-5-7-14-13/h8,14H,4-7H2,1-3H3,(H,15,16,17,18). The van der Waals surface area contributed by atoms with E-state index in [9.17, 15) is 4.79 Å². The van der Waals surface area contributed by atoms with Crippen molar-refractivity contribution in [1.29, 1.82) is 0 Å². The Balaban J connectivity index is 2.10. The van der Waals surface area contributed by atoms with E-state index >= 15 is 0 Å². The van der Waals surface area contributed by atoms with Crippen LogP contribution in [0.2, 0.25) is 0 Å². The fourth-order valence-corrected chi connectivity index (χ4v) is 2.27. The van der Waals surface area contributed by atoms with Crippen LogP contribution in [0, 0.1) is 13.8 Å². The van der Waals surface area contributed by atoms with Crippen molar-refractivity contribution < 1.29 is 4.79 Å². The molecule has 98 valence electrons. The van der Waals surface area contributed by atoms with E-state index in [1.165, 1.54) is 0 Å². The lowest BCUT2D eigenvalue weighted by Gasteiger charge is -2.33. The molecule has 5 heteroatoms. The Kier molecular flexibility index (Phi) is 3.61. The summed E-state index contributed by atoms with van der Waals surface area (Å²) in [6.45, 7) is 6.61. The number of aromatic nitrogens is 2. The molecule has 1 saturated heterocycles. The smallest absolute Gasteiger partial charge is 0.246 e. The second-order valence-corrected chi connectivity index (χ2v) is 5.14. The van der Waals surface area contributed by atoms with E-state index in [0.29, 0.717) is 5.95 Å². The molecule has 0 aliphatic carbocycles. The molecule has 1 aliphatic heterocycles. The minimum atomic E-state index is -0.501. The molecule has 1 aromatic rings. The second kappa shape index (κ2) is 5.02. The lowest BCUT2D eigenvalue weighted by molar-refractivity contribution is -0.122. The maximum Gasteiger partial charge on any atom is 0.246 e. The zero-order chi connectivity index (χ0) is 13.2. The Morgan fingerprint density at radius 3 is 2.56 bits per heavy atom. The lowest BCUT2D eigenvalue weighted by Crippen LogP contribution is -2.54. The molecule has 18 heavy (non-hydrogen) atoms. The molecule has 1 fully saturated rings. The fourth-order valence-electron chi connectivity index (χ4n) is 2.27. The van der Waals surface area contributed by atoms with Gasteiger partial charge < -0.3 is 5.32 Å². The number of carbonyl (C=O) groups excluding carboxylic acids is 1. The Morgan fingerprint density at radius 2 is 2.00 bits per heavy atom. The summed E-state index contributed by atoms with van der Waals surface area (Å²) in [5.74, 6) is 0.346. The van der Waals surface area contributed by atoms with Gasteiger partial charge in [0.2, 0.25) is 11.9 Å². The van der Waals surface area contributed by atoms with E-state index in [4.69, 9.17) is 0 Å². The van der Waals surface area contributed by atoms with Gasteiger partial charge in [0.25, 0.3) is 0 Å². The predicted molar refractivity (Wildman–Crippen MR) is 70.4 cm³/mol. The van der Waals surface area contributed by atoms with Gasteiger partial charge >= 0.3 is 0 Å². The van der Waals surface area contributed by atoms with Crippen molar-refractivity contribution in [2.75, 3.05) is 11.9 Å². The molecule has 5 nitrogen and oxygen atoms in total. The highest BCUT2D eigenvalue weighted by Gasteiger charge is 2.34. The third kappa shape index (κ3) is 2.85. The molecule has 2 N–H and O–H groups in total. The van der Waals surface area contributed by atoms with Crippen molar-refractivity contribution in [2.45, 2.75) is 45.6 Å². The number of carbonyl (C=O) groups is 1. The van der Waals surface area contributed by atoms with Gasteiger partial charge in [-0.1, -0.05) is 0 Å². The summed E-state index contributed by atoms with van der Waals surface area (Å²) in [6.07, 6.45) is 3.05. The van der Waals surface area contributed by atoms with Crippen LogP contribution < -0.4 is 10.6 Å². The van der Waals surface area contributed by atoms with Crippen LogP contribution in [0.15, 0.2) is 6.07 Å². The summed E-state index contributed by atoms with van der Waals surface area (Å²) < 4.78 is 0. The summed E-state index contributed by atoms with van der Waals surface area (Å²) >= 11 is 0. The van der Waals surface area contributed by atoms with Gasteiger partial charge in [0.15, 0.2) is 0 Å². The average Bonchev–Trinajstić information content (AvgIpc) is 2.28. The first kappa shape index (κ1) is 13.0. The van der Waals surface area contributed by atoms with Gasteiger partial charge in [-0.2, -0.15) is 0 Å².